The van der Waals surface area contributed by atoms with Crippen LogP contribution in [0, 0.1) is 11.3 Å². The number of carbonyl (C=O) groups is 1. The van der Waals surface area contributed by atoms with E-state index in [1.54, 1.807) is 6.20 Å². The second kappa shape index (κ2) is 5.48. The van der Waals surface area contributed by atoms with E-state index >= 15 is 0 Å². The zero-order valence-electron chi connectivity index (χ0n) is 13.9. The van der Waals surface area contributed by atoms with Crippen LogP contribution in [0.3, 0.4) is 0 Å². The lowest BCUT2D eigenvalue weighted by Gasteiger charge is -2.35. The summed E-state index contributed by atoms with van der Waals surface area (Å²) in [6.45, 7) is 4.22. The topological polar surface area (TPSA) is 54.0 Å². The lowest BCUT2D eigenvalue weighted by molar-refractivity contribution is -0.124. The highest BCUT2D eigenvalue weighted by molar-refractivity contribution is 5.90. The Morgan fingerprint density at radius 2 is 1.92 bits per heavy atom. The molecule has 2 atom stereocenters. The molecule has 0 amide bonds. The third kappa shape index (κ3) is 2.58. The van der Waals surface area contributed by atoms with Crippen LogP contribution in [-0.2, 0) is 4.79 Å². The number of aromatic nitrogens is 1. The van der Waals surface area contributed by atoms with Crippen LogP contribution in [0.25, 0.3) is 0 Å². The third-order valence-corrected chi connectivity index (χ3v) is 4.75. The number of rotatable bonds is 1. The van der Waals surface area contributed by atoms with Crippen molar-refractivity contribution in [2.45, 2.75) is 26.3 Å². The summed E-state index contributed by atoms with van der Waals surface area (Å²) in [4.78, 5) is 17.2. The van der Waals surface area contributed by atoms with Gasteiger partial charge in [0.05, 0.1) is 23.3 Å². The van der Waals surface area contributed by atoms with Crippen LogP contribution in [0.15, 0.2) is 60.6 Å². The molecule has 2 N–H and O–H groups in total. The van der Waals surface area contributed by atoms with Gasteiger partial charge in [-0.15, -0.1) is 0 Å². The predicted octanol–water partition coefficient (Wildman–Crippen LogP) is 4.16. The fourth-order valence-corrected chi connectivity index (χ4v) is 3.73. The van der Waals surface area contributed by atoms with Gasteiger partial charge in [0.2, 0.25) is 0 Å². The summed E-state index contributed by atoms with van der Waals surface area (Å²) in [5.41, 5.74) is 3.90. The summed E-state index contributed by atoms with van der Waals surface area (Å²) in [5.74, 6) is 0.0359. The van der Waals surface area contributed by atoms with Crippen molar-refractivity contribution < 1.29 is 4.79 Å². The molecule has 2 unspecified atom stereocenters. The molecule has 0 saturated carbocycles. The zero-order valence-corrected chi connectivity index (χ0v) is 13.9. The molecule has 122 valence electrons. The van der Waals surface area contributed by atoms with E-state index in [2.05, 4.69) is 35.5 Å². The minimum absolute atomic E-state index is 0.121. The van der Waals surface area contributed by atoms with Crippen molar-refractivity contribution >= 4 is 17.2 Å². The van der Waals surface area contributed by atoms with Crippen LogP contribution >= 0.6 is 0 Å². The normalized spacial score (nSPS) is 24.6. The average Bonchev–Trinajstić information content (AvgIpc) is 2.70. The highest BCUT2D eigenvalue weighted by Crippen LogP contribution is 2.44. The first-order valence-corrected chi connectivity index (χ1v) is 8.31. The van der Waals surface area contributed by atoms with E-state index < -0.39 is 0 Å². The third-order valence-electron chi connectivity index (χ3n) is 4.75. The maximum absolute atomic E-state index is 13.0. The Hall–Kier alpha value is -2.62. The van der Waals surface area contributed by atoms with E-state index in [1.165, 1.54) is 0 Å². The molecule has 0 radical (unpaired) electrons. The molecule has 2 heterocycles. The van der Waals surface area contributed by atoms with Crippen molar-refractivity contribution in [1.29, 1.82) is 0 Å². The molecule has 0 spiro atoms. The second-order valence-electron chi connectivity index (χ2n) is 7.29. The molecule has 4 rings (SSSR count). The number of benzene rings is 1. The van der Waals surface area contributed by atoms with Gasteiger partial charge in [0.25, 0.3) is 0 Å². The van der Waals surface area contributed by atoms with Gasteiger partial charge in [-0.1, -0.05) is 38.1 Å². The monoisotopic (exact) mass is 319 g/mol. The number of ketones is 1. The number of pyridine rings is 1. The van der Waals surface area contributed by atoms with E-state index in [1.807, 2.05) is 42.6 Å². The lowest BCUT2D eigenvalue weighted by Crippen LogP contribution is -2.36. The standard InChI is InChI=1S/C20H21N3O/c1-20(2)10-16-18(17(24)11-20)19(13-6-5-9-21-12-13)23-15-8-4-3-7-14(15)22-16/h3-10,12,18-19,22-23H,11H2,1-2H3. The predicted molar refractivity (Wildman–Crippen MR) is 95.6 cm³/mol. The van der Waals surface area contributed by atoms with Gasteiger partial charge in [0.15, 0.2) is 0 Å². The molecule has 2 aliphatic rings. The maximum atomic E-state index is 13.0. The fraction of sp³-hybridized carbons (Fsp3) is 0.300. The van der Waals surface area contributed by atoms with Crippen LogP contribution in [0.2, 0.25) is 0 Å². The SMILES string of the molecule is CC1(C)C=C2Nc3ccccc3NC(c3cccnc3)C2C(=O)C1. The van der Waals surface area contributed by atoms with Gasteiger partial charge in [0.1, 0.15) is 5.78 Å². The Kier molecular flexibility index (Phi) is 3.41. The molecule has 24 heavy (non-hydrogen) atoms. The van der Waals surface area contributed by atoms with E-state index in [9.17, 15) is 4.79 Å². The van der Waals surface area contributed by atoms with Gasteiger partial charge in [-0.2, -0.15) is 0 Å². The minimum Gasteiger partial charge on any atom is -0.375 e. The van der Waals surface area contributed by atoms with Crippen molar-refractivity contribution in [3.05, 3.63) is 66.1 Å². The van der Waals surface area contributed by atoms with Crippen LogP contribution < -0.4 is 10.6 Å². The average molecular weight is 319 g/mol. The molecular weight excluding hydrogens is 298 g/mol. The van der Waals surface area contributed by atoms with Gasteiger partial charge in [0, 0.05) is 24.5 Å². The van der Waals surface area contributed by atoms with E-state index in [0.717, 1.165) is 22.6 Å². The van der Waals surface area contributed by atoms with Crippen molar-refractivity contribution in [3.8, 4) is 0 Å². The fourth-order valence-electron chi connectivity index (χ4n) is 3.73. The summed E-state index contributed by atoms with van der Waals surface area (Å²) >= 11 is 0. The number of carbonyl (C=O) groups excluding carboxylic acids is 1. The van der Waals surface area contributed by atoms with Crippen molar-refractivity contribution in [2.24, 2.45) is 11.3 Å². The number of para-hydroxylation sites is 2. The second-order valence-corrected chi connectivity index (χ2v) is 7.29. The molecule has 0 fully saturated rings. The number of Topliss-reactive ketones (excluding diaryl/α,β-unsaturated/α-hetero) is 1. The Labute approximate surface area is 142 Å². The van der Waals surface area contributed by atoms with Gasteiger partial charge in [-0.3, -0.25) is 9.78 Å². The van der Waals surface area contributed by atoms with E-state index in [-0.39, 0.29) is 23.2 Å². The highest BCUT2D eigenvalue weighted by Gasteiger charge is 2.41. The maximum Gasteiger partial charge on any atom is 0.145 e. The molecule has 0 saturated heterocycles. The number of hydrogen-bond acceptors (Lipinski definition) is 4. The van der Waals surface area contributed by atoms with Crippen molar-refractivity contribution in [1.82, 2.24) is 4.98 Å². The molecule has 0 bridgehead atoms. The van der Waals surface area contributed by atoms with E-state index in [0.29, 0.717) is 6.42 Å². The van der Waals surface area contributed by atoms with Gasteiger partial charge >= 0.3 is 0 Å². The van der Waals surface area contributed by atoms with Gasteiger partial charge < -0.3 is 10.6 Å². The molecule has 1 aliphatic heterocycles. The first kappa shape index (κ1) is 14.9. The van der Waals surface area contributed by atoms with Crippen LogP contribution in [0.1, 0.15) is 31.9 Å². The van der Waals surface area contributed by atoms with Crippen molar-refractivity contribution in [3.63, 3.8) is 0 Å². The number of hydrogen-bond donors (Lipinski definition) is 2. The Morgan fingerprint density at radius 1 is 1.12 bits per heavy atom. The summed E-state index contributed by atoms with van der Waals surface area (Å²) in [5, 5.41) is 7.07. The van der Waals surface area contributed by atoms with E-state index in [4.69, 9.17) is 0 Å². The number of anilines is 2. The quantitative estimate of drug-likeness (QED) is 0.829. The number of nitrogens with zero attached hydrogens (tertiary/aromatic N) is 1. The molecule has 2 aromatic rings. The molecule has 1 aliphatic carbocycles. The summed E-state index contributed by atoms with van der Waals surface area (Å²) in [6, 6.07) is 11.9. The molecular formula is C20H21N3O. The Balaban J connectivity index is 1.88. The Morgan fingerprint density at radius 3 is 2.67 bits per heavy atom. The largest absolute Gasteiger partial charge is 0.375 e. The zero-order chi connectivity index (χ0) is 16.7. The molecule has 1 aromatic carbocycles. The van der Waals surface area contributed by atoms with Crippen LogP contribution in [-0.4, -0.2) is 10.8 Å². The smallest absolute Gasteiger partial charge is 0.145 e. The highest BCUT2D eigenvalue weighted by atomic mass is 16.1. The summed E-state index contributed by atoms with van der Waals surface area (Å²) < 4.78 is 0. The number of nitrogens with one attached hydrogen (secondary N) is 2. The summed E-state index contributed by atoms with van der Waals surface area (Å²) in [7, 11) is 0. The first-order valence-electron chi connectivity index (χ1n) is 8.31. The lowest BCUT2D eigenvalue weighted by atomic mass is 9.73. The van der Waals surface area contributed by atoms with Crippen LogP contribution in [0.5, 0.6) is 0 Å². The van der Waals surface area contributed by atoms with Gasteiger partial charge in [-0.25, -0.2) is 0 Å². The molecule has 4 nitrogen and oxygen atoms in total. The minimum atomic E-state index is -0.227. The number of fused-ring (bicyclic) bond motifs is 2. The Bertz CT molecular complexity index is 811. The molecule has 1 aromatic heterocycles. The van der Waals surface area contributed by atoms with Crippen molar-refractivity contribution in [2.75, 3.05) is 10.6 Å². The first-order chi connectivity index (χ1) is 11.5. The van der Waals surface area contributed by atoms with Gasteiger partial charge in [-0.05, 0) is 29.2 Å². The molecule has 4 heteroatoms. The van der Waals surface area contributed by atoms with Crippen LogP contribution in [0.4, 0.5) is 11.4 Å². The number of allylic oxidation sites excluding steroid dienone is 1. The summed E-state index contributed by atoms with van der Waals surface area (Å²) in [6.07, 6.45) is 6.37.